The molecule has 52 heavy (non-hydrogen) atoms. The Labute approximate surface area is 297 Å². The van der Waals surface area contributed by atoms with Gasteiger partial charge in [0.05, 0.1) is 30.2 Å². The fourth-order valence-corrected chi connectivity index (χ4v) is 5.81. The molecule has 0 amide bonds. The SMILES string of the molecule is CC1=CC(CO/C=C2/C(=O)OC3c4ccccc4CC23)OC1=O.CO/N=C(/C(=O)OC)c1ccccc1CO/N=C(\C)c1cccc(C(F)(F)F)c1. The Kier molecular flexibility index (Phi) is 11.8. The van der Waals surface area contributed by atoms with E-state index in [1.54, 1.807) is 37.3 Å². The summed E-state index contributed by atoms with van der Waals surface area (Å²) < 4.78 is 59.3. The van der Waals surface area contributed by atoms with E-state index in [-0.39, 0.29) is 54.2 Å². The van der Waals surface area contributed by atoms with Gasteiger partial charge in [0.1, 0.15) is 26.4 Å². The number of esters is 3. The molecule has 3 aromatic rings. The lowest BCUT2D eigenvalue weighted by atomic mass is 9.98. The van der Waals surface area contributed by atoms with Crippen molar-refractivity contribution in [3.63, 3.8) is 0 Å². The van der Waals surface area contributed by atoms with Gasteiger partial charge in [0.15, 0.2) is 11.8 Å². The molecular weight excluding hydrogens is 685 g/mol. The Morgan fingerprint density at radius 2 is 1.71 bits per heavy atom. The Balaban J connectivity index is 0.000000205. The number of alkyl halides is 3. The van der Waals surface area contributed by atoms with E-state index in [0.29, 0.717) is 22.3 Å². The van der Waals surface area contributed by atoms with Crippen LogP contribution < -0.4 is 0 Å². The van der Waals surface area contributed by atoms with Crippen LogP contribution in [0.3, 0.4) is 0 Å². The van der Waals surface area contributed by atoms with Crippen molar-refractivity contribution >= 4 is 29.3 Å². The van der Waals surface area contributed by atoms with Gasteiger partial charge in [-0.25, -0.2) is 14.4 Å². The standard InChI is InChI=1S/C20H19F3N2O4.C18H16O5/c1-13(14-8-6-9-16(11-14)20(21,22)23)24-29-12-15-7-4-5-10-17(15)18(25-28-3)19(26)27-2;1-10-6-12(22-17(10)19)8-21-9-15-14-7-11-4-2-3-5-13(11)16(14)23-18(15)20/h4-11H,12H2,1-3H3;2-6,9,12,14,16H,7-8H2,1H3/b24-13+,25-18+;15-9+. The summed E-state index contributed by atoms with van der Waals surface area (Å²) in [7, 11) is 2.51. The van der Waals surface area contributed by atoms with Crippen molar-refractivity contribution in [1.82, 2.24) is 0 Å². The molecule has 2 heterocycles. The molecule has 11 nitrogen and oxygen atoms in total. The molecule has 6 rings (SSSR count). The summed E-state index contributed by atoms with van der Waals surface area (Å²) in [4.78, 5) is 45.3. The van der Waals surface area contributed by atoms with Gasteiger partial charge < -0.3 is 28.6 Å². The number of fused-ring (bicyclic) bond motifs is 3. The van der Waals surface area contributed by atoms with Crippen LogP contribution in [0.15, 0.2) is 107 Å². The van der Waals surface area contributed by atoms with Gasteiger partial charge in [-0.05, 0) is 55.2 Å². The largest absolute Gasteiger partial charge is 0.496 e. The van der Waals surface area contributed by atoms with Crippen LogP contribution in [0.2, 0.25) is 0 Å². The van der Waals surface area contributed by atoms with Gasteiger partial charge in [-0.2, -0.15) is 13.2 Å². The molecule has 0 saturated carbocycles. The zero-order valence-corrected chi connectivity index (χ0v) is 28.6. The average molecular weight is 721 g/mol. The maximum atomic E-state index is 12.9. The number of nitrogens with zero attached hydrogens (tertiary/aromatic N) is 2. The molecule has 1 saturated heterocycles. The van der Waals surface area contributed by atoms with E-state index < -0.39 is 23.8 Å². The number of hydrogen-bond donors (Lipinski definition) is 0. The molecule has 0 radical (unpaired) electrons. The number of ether oxygens (including phenoxy) is 4. The molecule has 3 unspecified atom stereocenters. The van der Waals surface area contributed by atoms with Crippen LogP contribution >= 0.6 is 0 Å². The van der Waals surface area contributed by atoms with Crippen molar-refractivity contribution in [3.8, 4) is 0 Å². The maximum Gasteiger partial charge on any atom is 0.416 e. The second-order valence-electron chi connectivity index (χ2n) is 11.8. The van der Waals surface area contributed by atoms with Gasteiger partial charge in [0, 0.05) is 22.6 Å². The predicted molar refractivity (Wildman–Crippen MR) is 181 cm³/mol. The lowest BCUT2D eigenvalue weighted by molar-refractivity contribution is -0.141. The molecule has 0 spiro atoms. The quantitative estimate of drug-likeness (QED) is 0.0583. The first-order valence-corrected chi connectivity index (χ1v) is 16.0. The van der Waals surface area contributed by atoms with Crippen LogP contribution in [0.1, 0.15) is 53.3 Å². The lowest BCUT2D eigenvalue weighted by Gasteiger charge is -2.10. The number of carbonyl (C=O) groups excluding carboxylic acids is 3. The van der Waals surface area contributed by atoms with Gasteiger partial charge in [-0.15, -0.1) is 0 Å². The number of rotatable bonds is 10. The topological polar surface area (TPSA) is 131 Å². The second kappa shape index (κ2) is 16.4. The Bertz CT molecular complexity index is 1950. The van der Waals surface area contributed by atoms with Crippen LogP contribution in [0.25, 0.3) is 0 Å². The molecule has 2 aliphatic heterocycles. The fraction of sp³-hybridized carbons (Fsp3) is 0.289. The number of oxime groups is 2. The molecule has 1 fully saturated rings. The fourth-order valence-electron chi connectivity index (χ4n) is 5.81. The van der Waals surface area contributed by atoms with Crippen molar-refractivity contribution in [2.24, 2.45) is 16.2 Å². The summed E-state index contributed by atoms with van der Waals surface area (Å²) in [6.07, 6.45) is -1.08. The van der Waals surface area contributed by atoms with E-state index in [1.807, 2.05) is 18.2 Å². The normalized spacial score (nSPS) is 20.2. The third kappa shape index (κ3) is 8.68. The number of hydrogen-bond acceptors (Lipinski definition) is 11. The van der Waals surface area contributed by atoms with Crippen LogP contribution in [-0.2, 0) is 62.2 Å². The van der Waals surface area contributed by atoms with Crippen molar-refractivity contribution in [3.05, 3.63) is 130 Å². The monoisotopic (exact) mass is 720 g/mol. The molecule has 3 atom stereocenters. The van der Waals surface area contributed by atoms with Crippen LogP contribution in [0, 0.1) is 5.92 Å². The van der Waals surface area contributed by atoms with Crippen LogP contribution in [-0.4, -0.2) is 56.3 Å². The van der Waals surface area contributed by atoms with Crippen molar-refractivity contribution < 1.29 is 56.2 Å². The first-order chi connectivity index (χ1) is 24.9. The van der Waals surface area contributed by atoms with Crippen molar-refractivity contribution in [1.29, 1.82) is 0 Å². The predicted octanol–water partition coefficient (Wildman–Crippen LogP) is 6.40. The molecule has 0 N–H and O–H groups in total. The van der Waals surface area contributed by atoms with Gasteiger partial charge >= 0.3 is 24.1 Å². The summed E-state index contributed by atoms with van der Waals surface area (Å²) >= 11 is 0. The summed E-state index contributed by atoms with van der Waals surface area (Å²) in [6, 6.07) is 19.6. The highest BCUT2D eigenvalue weighted by molar-refractivity contribution is 6.43. The van der Waals surface area contributed by atoms with Crippen molar-refractivity contribution in [2.75, 3.05) is 20.8 Å². The van der Waals surface area contributed by atoms with E-state index in [4.69, 9.17) is 28.6 Å². The summed E-state index contributed by atoms with van der Waals surface area (Å²) in [5.74, 6) is -1.34. The number of halogens is 3. The van der Waals surface area contributed by atoms with Crippen molar-refractivity contribution in [2.45, 2.75) is 45.3 Å². The Morgan fingerprint density at radius 3 is 2.42 bits per heavy atom. The highest BCUT2D eigenvalue weighted by Crippen LogP contribution is 2.47. The molecular formula is C38H35F3N2O9. The molecule has 272 valence electrons. The maximum absolute atomic E-state index is 12.9. The molecule has 14 heteroatoms. The molecule has 3 aromatic carbocycles. The van der Waals surface area contributed by atoms with Crippen LogP contribution in [0.4, 0.5) is 13.2 Å². The number of benzene rings is 3. The number of carbonyl (C=O) groups is 3. The van der Waals surface area contributed by atoms with E-state index in [0.717, 1.165) is 24.1 Å². The first-order valence-electron chi connectivity index (χ1n) is 16.0. The molecule has 3 aliphatic rings. The summed E-state index contributed by atoms with van der Waals surface area (Å²) in [6.45, 7) is 3.39. The van der Waals surface area contributed by atoms with E-state index >= 15 is 0 Å². The third-order valence-electron chi connectivity index (χ3n) is 8.39. The van der Waals surface area contributed by atoms with Gasteiger partial charge in [-0.1, -0.05) is 71.0 Å². The molecule has 0 aromatic heterocycles. The Hall–Kier alpha value is -5.92. The number of methoxy groups -OCH3 is 1. The average Bonchev–Trinajstić information content (AvgIpc) is 3.76. The van der Waals surface area contributed by atoms with Gasteiger partial charge in [0.2, 0.25) is 0 Å². The van der Waals surface area contributed by atoms with Gasteiger partial charge in [0.25, 0.3) is 0 Å². The van der Waals surface area contributed by atoms with Gasteiger partial charge in [-0.3, -0.25) is 0 Å². The third-order valence-corrected chi connectivity index (χ3v) is 8.39. The zero-order chi connectivity index (χ0) is 37.4. The summed E-state index contributed by atoms with van der Waals surface area (Å²) in [5.41, 5.74) is 4.15. The zero-order valence-electron chi connectivity index (χ0n) is 28.6. The van der Waals surface area contributed by atoms with E-state index in [2.05, 4.69) is 16.4 Å². The first kappa shape index (κ1) is 37.3. The Morgan fingerprint density at radius 1 is 0.962 bits per heavy atom. The van der Waals surface area contributed by atoms with E-state index in [9.17, 15) is 27.6 Å². The minimum absolute atomic E-state index is 0.00306. The van der Waals surface area contributed by atoms with Crippen LogP contribution in [0.5, 0.6) is 0 Å². The minimum atomic E-state index is -4.44. The van der Waals surface area contributed by atoms with E-state index in [1.165, 1.54) is 45.1 Å². The molecule has 1 aliphatic carbocycles. The summed E-state index contributed by atoms with van der Waals surface area (Å²) in [5, 5.41) is 7.58. The number of cyclic esters (lactones) is 1. The smallest absolute Gasteiger partial charge is 0.416 e. The lowest BCUT2D eigenvalue weighted by Crippen LogP contribution is -2.19. The highest BCUT2D eigenvalue weighted by Gasteiger charge is 2.46. The molecule has 0 bridgehead atoms. The minimum Gasteiger partial charge on any atom is -0.496 e. The highest BCUT2D eigenvalue weighted by atomic mass is 19.4. The second-order valence-corrected chi connectivity index (χ2v) is 11.8.